The summed E-state index contributed by atoms with van der Waals surface area (Å²) >= 11 is 3.20. The van der Waals surface area contributed by atoms with Gasteiger partial charge in [0.15, 0.2) is 0 Å². The number of anilines is 3. The lowest BCUT2D eigenvalue weighted by Gasteiger charge is -2.36. The Morgan fingerprint density at radius 2 is 0.955 bits per heavy atom. The number of piperidine rings is 2. The van der Waals surface area contributed by atoms with Crippen LogP contribution in [0, 0.1) is 0 Å². The summed E-state index contributed by atoms with van der Waals surface area (Å²) in [5.41, 5.74) is 7.92. The number of ether oxygens (including phenoxy) is 4. The minimum Gasteiger partial charge on any atom is -0.477 e. The van der Waals surface area contributed by atoms with Crippen molar-refractivity contribution in [3.8, 4) is 0 Å². The molecule has 0 spiro atoms. The van der Waals surface area contributed by atoms with Gasteiger partial charge in [-0.1, -0.05) is 0 Å². The van der Waals surface area contributed by atoms with Crippen molar-refractivity contribution in [2.24, 2.45) is 5.73 Å². The summed E-state index contributed by atoms with van der Waals surface area (Å²) in [4.78, 5) is 139. The lowest BCUT2D eigenvalue weighted by molar-refractivity contribution is -0.135. The van der Waals surface area contributed by atoms with Gasteiger partial charge >= 0.3 is 30.1 Å². The van der Waals surface area contributed by atoms with Gasteiger partial charge in [-0.05, 0) is 119 Å². The zero-order chi connectivity index (χ0) is 64.7. The Kier molecular flexibility index (Phi) is 28.5. The summed E-state index contributed by atoms with van der Waals surface area (Å²) in [6.45, 7) is 19.8. The van der Waals surface area contributed by atoms with Crippen molar-refractivity contribution in [3.63, 3.8) is 0 Å². The zero-order valence-corrected chi connectivity index (χ0v) is 53.4. The van der Waals surface area contributed by atoms with Gasteiger partial charge in [0.05, 0.1) is 55.9 Å². The molecule has 0 aliphatic carbocycles. The van der Waals surface area contributed by atoms with E-state index in [9.17, 15) is 47.9 Å². The molecule has 2 atom stereocenters. The number of carbonyl (C=O) groups excluding carboxylic acids is 9. The first-order valence-electron chi connectivity index (χ1n) is 28.2. The lowest BCUT2D eigenvalue weighted by Crippen LogP contribution is -2.52. The number of pyridine rings is 4. The van der Waals surface area contributed by atoms with E-state index in [2.05, 4.69) is 81.3 Å². The molecule has 4 aromatic rings. The SMILES string of the molecule is CC(C)(C)OC(=O)N1CCN(c2ccc(C(=O)O)nc2)CC1.COC(=O)c1ccc(Br)cn1.COC(=O)c1ccc(N2CCN(C(=O)OC(C)(C)C)CC2)cn1.Cl.NC1CCC(=O)NC1=O.O=C1CCC(NC(=O)c2ccc(N3CCNCC3)cn2)C(=O)N1. The van der Waals surface area contributed by atoms with Gasteiger partial charge in [-0.15, -0.1) is 12.4 Å². The zero-order valence-electron chi connectivity index (χ0n) is 50.9. The number of carbonyl (C=O) groups is 10. The van der Waals surface area contributed by atoms with E-state index in [4.69, 9.17) is 20.3 Å². The minimum absolute atomic E-state index is 0. The van der Waals surface area contributed by atoms with E-state index in [1.54, 1.807) is 64.9 Å². The Morgan fingerprint density at radius 1 is 0.562 bits per heavy atom. The number of piperazine rings is 3. The molecule has 7 N–H and O–H groups in total. The number of aromatic carboxylic acids is 1. The molecular weight excluding hydrogens is 1250 g/mol. The van der Waals surface area contributed by atoms with Crippen LogP contribution in [0.25, 0.3) is 0 Å². The number of carboxylic acid groups (broad SMARTS) is 1. The topological polar surface area (TPSA) is 370 Å². The van der Waals surface area contributed by atoms with E-state index in [1.165, 1.54) is 20.3 Å². The third-order valence-electron chi connectivity index (χ3n) is 13.1. The highest BCUT2D eigenvalue weighted by molar-refractivity contribution is 9.10. The smallest absolute Gasteiger partial charge is 0.410 e. The first-order valence-corrected chi connectivity index (χ1v) is 29.0. The summed E-state index contributed by atoms with van der Waals surface area (Å²) < 4.78 is 20.7. The Morgan fingerprint density at radius 3 is 1.31 bits per heavy atom. The molecule has 89 heavy (non-hydrogen) atoms. The van der Waals surface area contributed by atoms with Crippen LogP contribution in [-0.2, 0) is 38.1 Å². The van der Waals surface area contributed by atoms with Crippen molar-refractivity contribution in [2.45, 2.75) is 90.5 Å². The van der Waals surface area contributed by atoms with E-state index >= 15 is 0 Å². The number of aromatic nitrogens is 4. The van der Waals surface area contributed by atoms with Gasteiger partial charge in [0.25, 0.3) is 5.91 Å². The number of rotatable bonds is 8. The number of imide groups is 2. The Bertz CT molecular complexity index is 3040. The third-order valence-corrected chi connectivity index (χ3v) is 13.6. The molecule has 4 aromatic heterocycles. The van der Waals surface area contributed by atoms with Gasteiger partial charge < -0.3 is 64.9 Å². The van der Waals surface area contributed by atoms with Crippen molar-refractivity contribution in [2.75, 3.05) is 107 Å². The van der Waals surface area contributed by atoms with Gasteiger partial charge in [0, 0.05) is 102 Å². The van der Waals surface area contributed by atoms with Crippen LogP contribution >= 0.6 is 28.3 Å². The second kappa shape index (κ2) is 34.8. The van der Waals surface area contributed by atoms with E-state index in [0.717, 1.165) is 47.7 Å². The lowest BCUT2D eigenvalue weighted by atomic mass is 10.1. The fourth-order valence-electron chi connectivity index (χ4n) is 8.45. The summed E-state index contributed by atoms with van der Waals surface area (Å²) in [6, 6.07) is 12.4. The van der Waals surface area contributed by atoms with Crippen molar-refractivity contribution >= 4 is 105 Å². The van der Waals surface area contributed by atoms with E-state index < -0.39 is 53.0 Å². The number of nitrogens with one attached hydrogen (secondary N) is 4. The summed E-state index contributed by atoms with van der Waals surface area (Å²) in [5, 5.41) is 19.1. The predicted molar refractivity (Wildman–Crippen MR) is 331 cm³/mol. The normalized spacial score (nSPS) is 17.4. The molecule has 9 heterocycles. The largest absolute Gasteiger partial charge is 0.477 e. The molecule has 484 valence electrons. The number of methoxy groups -OCH3 is 2. The van der Waals surface area contributed by atoms with Gasteiger partial charge in [-0.2, -0.15) is 0 Å². The number of hydrogen-bond donors (Lipinski definition) is 6. The maximum absolute atomic E-state index is 12.2. The summed E-state index contributed by atoms with van der Waals surface area (Å²) in [5.74, 6) is -3.67. The van der Waals surface area contributed by atoms with Gasteiger partial charge in [0.2, 0.25) is 23.6 Å². The molecule has 2 unspecified atom stereocenters. The van der Waals surface area contributed by atoms with Crippen LogP contribution in [0.1, 0.15) is 109 Å². The molecule has 7 amide bonds. The van der Waals surface area contributed by atoms with Gasteiger partial charge in [-0.25, -0.2) is 43.9 Å². The summed E-state index contributed by atoms with van der Waals surface area (Å²) in [7, 11) is 2.65. The van der Waals surface area contributed by atoms with E-state index in [0.29, 0.717) is 77.3 Å². The summed E-state index contributed by atoms with van der Waals surface area (Å²) in [6.07, 6.45) is 7.22. The Labute approximate surface area is 530 Å². The molecule has 5 aliphatic heterocycles. The highest BCUT2D eigenvalue weighted by Crippen LogP contribution is 2.21. The number of carboxylic acids is 1. The monoisotopic (exact) mass is 1320 g/mol. The molecule has 5 saturated heterocycles. The highest BCUT2D eigenvalue weighted by Gasteiger charge is 2.30. The number of esters is 2. The van der Waals surface area contributed by atoms with Crippen LogP contribution in [0.3, 0.4) is 0 Å². The highest BCUT2D eigenvalue weighted by atomic mass is 79.9. The fourth-order valence-corrected chi connectivity index (χ4v) is 8.69. The van der Waals surface area contributed by atoms with E-state index in [-0.39, 0.29) is 65.8 Å². The molecule has 0 saturated carbocycles. The average molecular weight is 1330 g/mol. The first-order chi connectivity index (χ1) is 41.6. The molecule has 0 radical (unpaired) electrons. The molecule has 0 aromatic carbocycles. The standard InChI is InChI=1S/C16H23N3O4.C15H19N5O3.C15H21N3O4.C7H6BrNO2.C5H8N2O2.ClH/c1-16(2,3)23-15(21)19-9-7-18(8-10-19)12-5-6-13(17-11-12)14(20)22-4;21-13-4-3-12(15(23)19-13)18-14(22)11-2-1-10(9-17-11)20-7-5-16-6-8-20;1-15(2,3)22-14(21)18-8-6-17(7-9-18)11-4-5-12(13(19)20)16-10-11;1-11-7(10)6-3-2-5(8)4-9-6;6-3-1-2-4(8)7-5(3)9;/h5-6,11H,7-10H2,1-4H3;1-2,9,12,16H,3-8H2,(H,18,22)(H,19,21,23);4-5,10H,6-9H2,1-3H3,(H,19,20);2-4H,1H3;3H,1-2,6H2,(H,7,8,9);1H. The Balaban J connectivity index is 0.000000246. The number of nitrogens with zero attached hydrogens (tertiary/aromatic N) is 9. The molecule has 9 rings (SSSR count). The first kappa shape index (κ1) is 72.9. The number of nitrogens with two attached hydrogens (primary N) is 1. The number of hydrogen-bond acceptors (Lipinski definition) is 23. The minimum atomic E-state index is -1.04. The van der Waals surface area contributed by atoms with Crippen molar-refractivity contribution in [1.29, 1.82) is 0 Å². The molecule has 29 nitrogen and oxygen atoms in total. The van der Waals surface area contributed by atoms with Gasteiger partial charge in [-0.3, -0.25) is 34.6 Å². The van der Waals surface area contributed by atoms with Crippen LogP contribution < -0.4 is 41.7 Å². The maximum atomic E-state index is 12.2. The number of halogens is 2. The van der Waals surface area contributed by atoms with Crippen LogP contribution in [0.2, 0.25) is 0 Å². The molecule has 0 bridgehead atoms. The van der Waals surface area contributed by atoms with E-state index in [1.807, 2.05) is 53.7 Å². The van der Waals surface area contributed by atoms with Crippen LogP contribution in [0.4, 0.5) is 26.7 Å². The average Bonchev–Trinajstić information content (AvgIpc) is 2.41. The third kappa shape index (κ3) is 24.5. The maximum Gasteiger partial charge on any atom is 0.410 e. The predicted octanol–water partition coefficient (Wildman–Crippen LogP) is 3.59. The van der Waals surface area contributed by atoms with Crippen LogP contribution in [-0.4, -0.2) is 211 Å². The Hall–Kier alpha value is -8.61. The fraction of sp³-hybridized carbons (Fsp3) is 0.483. The molecule has 31 heteroatoms. The van der Waals surface area contributed by atoms with Crippen molar-refractivity contribution in [3.05, 3.63) is 101 Å². The molecule has 5 fully saturated rings. The second-order valence-electron chi connectivity index (χ2n) is 22.0. The van der Waals surface area contributed by atoms with Crippen molar-refractivity contribution < 1.29 is 72.0 Å². The van der Waals surface area contributed by atoms with Crippen LogP contribution in [0.15, 0.2) is 77.8 Å². The molecule has 5 aliphatic rings. The second-order valence-corrected chi connectivity index (χ2v) is 23.0. The number of amides is 7. The van der Waals surface area contributed by atoms with Crippen LogP contribution in [0.5, 0.6) is 0 Å². The van der Waals surface area contributed by atoms with Crippen molar-refractivity contribution in [1.82, 2.24) is 51.0 Å². The quantitative estimate of drug-likeness (QED) is 0.0834. The molecular formula is C58H78BrClN14O15. The van der Waals surface area contributed by atoms with Gasteiger partial charge in [0.1, 0.15) is 40.0 Å².